The van der Waals surface area contributed by atoms with Crippen molar-refractivity contribution in [2.75, 3.05) is 11.9 Å². The number of pyridine rings is 1. The first kappa shape index (κ1) is 20.1. The van der Waals surface area contributed by atoms with Crippen molar-refractivity contribution in [3.8, 4) is 0 Å². The molecule has 1 heterocycles. The molecule has 0 fully saturated rings. The van der Waals surface area contributed by atoms with Crippen LogP contribution >= 0.6 is 0 Å². The highest BCUT2D eigenvalue weighted by atomic mass is 16.2. The van der Waals surface area contributed by atoms with Crippen molar-refractivity contribution in [3.63, 3.8) is 0 Å². The summed E-state index contributed by atoms with van der Waals surface area (Å²) in [6.45, 7) is 2.34. The van der Waals surface area contributed by atoms with Gasteiger partial charge in [0.2, 0.25) is 5.91 Å². The molecule has 0 saturated carbocycles. The van der Waals surface area contributed by atoms with Gasteiger partial charge in [-0.1, -0.05) is 36.4 Å². The molecule has 0 bridgehead atoms. The molecule has 29 heavy (non-hydrogen) atoms. The summed E-state index contributed by atoms with van der Waals surface area (Å²) in [5, 5.41) is 5.63. The molecule has 0 saturated heterocycles. The van der Waals surface area contributed by atoms with Crippen LogP contribution in [-0.4, -0.2) is 22.9 Å². The van der Waals surface area contributed by atoms with Crippen LogP contribution in [0.25, 0.3) is 0 Å². The Kier molecular flexibility index (Phi) is 6.58. The molecule has 0 radical (unpaired) electrons. The fourth-order valence-electron chi connectivity index (χ4n) is 2.90. The number of nitrogens with zero attached hydrogens (tertiary/aromatic N) is 1. The summed E-state index contributed by atoms with van der Waals surface area (Å²) in [7, 11) is 0. The van der Waals surface area contributed by atoms with Crippen LogP contribution in [0.15, 0.2) is 77.7 Å². The Bertz CT molecular complexity index is 1040. The molecule has 1 aromatic heterocycles. The third-order valence-corrected chi connectivity index (χ3v) is 4.42. The van der Waals surface area contributed by atoms with Gasteiger partial charge in [-0.3, -0.25) is 14.4 Å². The minimum Gasteiger partial charge on any atom is -0.352 e. The number of hydrogen-bond donors (Lipinski definition) is 2. The molecular weight excluding hydrogens is 366 g/mol. The Balaban J connectivity index is 1.51. The van der Waals surface area contributed by atoms with E-state index < -0.39 is 0 Å². The summed E-state index contributed by atoms with van der Waals surface area (Å²) in [6.07, 6.45) is 2.41. The van der Waals surface area contributed by atoms with Crippen LogP contribution in [0.5, 0.6) is 0 Å². The van der Waals surface area contributed by atoms with E-state index in [0.29, 0.717) is 17.8 Å². The zero-order valence-electron chi connectivity index (χ0n) is 16.2. The van der Waals surface area contributed by atoms with Crippen molar-refractivity contribution in [2.45, 2.75) is 19.9 Å². The summed E-state index contributed by atoms with van der Waals surface area (Å²) in [5.41, 5.74) is 2.93. The van der Waals surface area contributed by atoms with Crippen molar-refractivity contribution >= 4 is 17.5 Å². The van der Waals surface area contributed by atoms with Crippen LogP contribution in [0.2, 0.25) is 0 Å². The number of nitrogens with one attached hydrogen (secondary N) is 2. The fraction of sp³-hybridized carbons (Fsp3) is 0.174. The maximum absolute atomic E-state index is 12.2. The average Bonchev–Trinajstić information content (AvgIpc) is 2.72. The van der Waals surface area contributed by atoms with Gasteiger partial charge in [-0.15, -0.1) is 0 Å². The van der Waals surface area contributed by atoms with Crippen molar-refractivity contribution in [1.82, 2.24) is 9.88 Å². The second kappa shape index (κ2) is 9.50. The Hall–Kier alpha value is -3.67. The van der Waals surface area contributed by atoms with Crippen molar-refractivity contribution in [3.05, 3.63) is 100.0 Å². The van der Waals surface area contributed by atoms with E-state index in [1.54, 1.807) is 36.5 Å². The quantitative estimate of drug-likeness (QED) is 0.652. The average molecular weight is 389 g/mol. The minimum atomic E-state index is -0.308. The maximum Gasteiger partial charge on any atom is 0.251 e. The number of carbonyl (C=O) groups is 2. The zero-order valence-corrected chi connectivity index (χ0v) is 16.2. The zero-order chi connectivity index (χ0) is 20.6. The lowest BCUT2D eigenvalue weighted by atomic mass is 10.1. The number of hydrogen-bond acceptors (Lipinski definition) is 3. The Morgan fingerprint density at radius 1 is 0.931 bits per heavy atom. The molecule has 0 atom stereocenters. The molecule has 6 heteroatoms. The van der Waals surface area contributed by atoms with Crippen molar-refractivity contribution < 1.29 is 9.59 Å². The van der Waals surface area contributed by atoms with Gasteiger partial charge < -0.3 is 15.2 Å². The van der Waals surface area contributed by atoms with Crippen LogP contribution < -0.4 is 16.2 Å². The maximum atomic E-state index is 12.2. The molecule has 3 aromatic rings. The lowest BCUT2D eigenvalue weighted by Crippen LogP contribution is -2.27. The Labute approximate surface area is 169 Å². The first-order chi connectivity index (χ1) is 14.0. The van der Waals surface area contributed by atoms with Gasteiger partial charge in [0.15, 0.2) is 0 Å². The van der Waals surface area contributed by atoms with E-state index in [2.05, 4.69) is 10.6 Å². The number of benzene rings is 2. The topological polar surface area (TPSA) is 80.2 Å². The van der Waals surface area contributed by atoms with Gasteiger partial charge in [-0.05, 0) is 48.7 Å². The second-order valence-corrected chi connectivity index (χ2v) is 6.79. The molecule has 0 unspecified atom stereocenters. The number of carbonyl (C=O) groups excluding carboxylic acids is 2. The SMILES string of the molecule is Cc1ccc(=O)n(CC(=O)Nc2ccc(C(=O)NCCc3ccccc3)cc2)c1. The Morgan fingerprint density at radius 2 is 1.66 bits per heavy atom. The van der Waals surface area contributed by atoms with Crippen LogP contribution in [-0.2, 0) is 17.8 Å². The molecule has 0 spiro atoms. The van der Waals surface area contributed by atoms with E-state index in [0.717, 1.165) is 12.0 Å². The molecule has 0 aliphatic heterocycles. The summed E-state index contributed by atoms with van der Waals surface area (Å²) < 4.78 is 1.36. The molecule has 2 N–H and O–H groups in total. The van der Waals surface area contributed by atoms with Gasteiger partial charge in [0, 0.05) is 30.1 Å². The van der Waals surface area contributed by atoms with Gasteiger partial charge in [0.25, 0.3) is 11.5 Å². The summed E-state index contributed by atoms with van der Waals surface area (Å²) in [5.74, 6) is -0.470. The fourth-order valence-corrected chi connectivity index (χ4v) is 2.90. The number of aryl methyl sites for hydroxylation is 1. The van der Waals surface area contributed by atoms with Crippen molar-refractivity contribution in [2.24, 2.45) is 0 Å². The lowest BCUT2D eigenvalue weighted by molar-refractivity contribution is -0.116. The van der Waals surface area contributed by atoms with Crippen molar-refractivity contribution in [1.29, 1.82) is 0 Å². The summed E-state index contributed by atoms with van der Waals surface area (Å²) in [6, 6.07) is 19.8. The smallest absolute Gasteiger partial charge is 0.251 e. The highest BCUT2D eigenvalue weighted by Gasteiger charge is 2.08. The van der Waals surface area contributed by atoms with Gasteiger partial charge in [0.05, 0.1) is 0 Å². The molecule has 2 amide bonds. The van der Waals surface area contributed by atoms with Crippen LogP contribution in [0.1, 0.15) is 21.5 Å². The largest absolute Gasteiger partial charge is 0.352 e. The number of amides is 2. The number of rotatable bonds is 7. The summed E-state index contributed by atoms with van der Waals surface area (Å²) in [4.78, 5) is 36.2. The number of aromatic nitrogens is 1. The number of anilines is 1. The van der Waals surface area contributed by atoms with E-state index in [4.69, 9.17) is 0 Å². The lowest BCUT2D eigenvalue weighted by Gasteiger charge is -2.09. The first-order valence-electron chi connectivity index (χ1n) is 9.40. The normalized spacial score (nSPS) is 10.4. The molecule has 0 aliphatic carbocycles. The molecule has 2 aromatic carbocycles. The van der Waals surface area contributed by atoms with Crippen LogP contribution in [0, 0.1) is 6.92 Å². The van der Waals surface area contributed by atoms with Gasteiger partial charge in [-0.25, -0.2) is 0 Å². The van der Waals surface area contributed by atoms with Crippen LogP contribution in [0.3, 0.4) is 0 Å². The van der Waals surface area contributed by atoms with E-state index >= 15 is 0 Å². The van der Waals surface area contributed by atoms with Gasteiger partial charge >= 0.3 is 0 Å². The first-order valence-corrected chi connectivity index (χ1v) is 9.40. The third-order valence-electron chi connectivity index (χ3n) is 4.42. The highest BCUT2D eigenvalue weighted by Crippen LogP contribution is 2.10. The molecule has 148 valence electrons. The van der Waals surface area contributed by atoms with Crippen LogP contribution in [0.4, 0.5) is 5.69 Å². The second-order valence-electron chi connectivity index (χ2n) is 6.79. The predicted octanol–water partition coefficient (Wildman–Crippen LogP) is 2.77. The van der Waals surface area contributed by atoms with Gasteiger partial charge in [0.1, 0.15) is 6.54 Å². The third kappa shape index (κ3) is 5.90. The van der Waals surface area contributed by atoms with E-state index in [9.17, 15) is 14.4 Å². The molecule has 0 aliphatic rings. The van der Waals surface area contributed by atoms with E-state index in [1.165, 1.54) is 16.2 Å². The van der Waals surface area contributed by atoms with E-state index in [-0.39, 0.29) is 23.9 Å². The Morgan fingerprint density at radius 3 is 2.38 bits per heavy atom. The highest BCUT2D eigenvalue weighted by molar-refractivity contribution is 5.95. The molecule has 3 rings (SSSR count). The van der Waals surface area contributed by atoms with Gasteiger partial charge in [-0.2, -0.15) is 0 Å². The summed E-state index contributed by atoms with van der Waals surface area (Å²) >= 11 is 0. The van der Waals surface area contributed by atoms with E-state index in [1.807, 2.05) is 37.3 Å². The molecule has 6 nitrogen and oxygen atoms in total. The minimum absolute atomic E-state index is 0.0672. The predicted molar refractivity (Wildman–Crippen MR) is 113 cm³/mol. The monoisotopic (exact) mass is 389 g/mol. The molecular formula is C23H23N3O3. The standard InChI is InChI=1S/C23H23N3O3/c1-17-7-12-22(28)26(15-17)16-21(27)25-20-10-8-19(9-11-20)23(29)24-14-13-18-5-3-2-4-6-18/h2-12,15H,13-14,16H2,1H3,(H,24,29)(H,25,27).